The molecule has 0 radical (unpaired) electrons. The Morgan fingerprint density at radius 2 is 1.93 bits per heavy atom. The van der Waals surface area contributed by atoms with E-state index in [1.807, 2.05) is 6.07 Å². The van der Waals surface area contributed by atoms with Crippen molar-refractivity contribution >= 4 is 35.8 Å². The van der Waals surface area contributed by atoms with E-state index in [9.17, 15) is 9.18 Å². The number of aliphatic imine (C=N–C) groups is 1. The fourth-order valence-electron chi connectivity index (χ4n) is 3.31. The number of rotatable bonds is 8. The first-order valence-electron chi connectivity index (χ1n) is 10.1. The van der Waals surface area contributed by atoms with Gasteiger partial charge < -0.3 is 20.3 Å². The summed E-state index contributed by atoms with van der Waals surface area (Å²) >= 11 is 0. The molecular formula is C21H35FIN5O2. The molecule has 0 aromatic heterocycles. The molecule has 1 heterocycles. The lowest BCUT2D eigenvalue weighted by Gasteiger charge is -2.37. The van der Waals surface area contributed by atoms with E-state index in [1.54, 1.807) is 26.3 Å². The highest BCUT2D eigenvalue weighted by molar-refractivity contribution is 14.0. The van der Waals surface area contributed by atoms with E-state index >= 15 is 0 Å². The third-order valence-corrected chi connectivity index (χ3v) is 5.17. The molecule has 0 atom stereocenters. The SMILES string of the molecule is CN=C(NCC(C)(C)c1cccc(F)c1)N1CCN(CC(=O)NCCOC)CC1.I. The zero-order valence-electron chi connectivity index (χ0n) is 18.4. The lowest BCUT2D eigenvalue weighted by atomic mass is 9.84. The van der Waals surface area contributed by atoms with Gasteiger partial charge in [-0.3, -0.25) is 14.7 Å². The topological polar surface area (TPSA) is 69.2 Å². The largest absolute Gasteiger partial charge is 0.383 e. The second kappa shape index (κ2) is 13.1. The number of carbonyl (C=O) groups excluding carboxylic acids is 1. The molecule has 1 aromatic rings. The van der Waals surface area contributed by atoms with Crippen molar-refractivity contribution in [2.24, 2.45) is 4.99 Å². The number of halogens is 2. The minimum Gasteiger partial charge on any atom is -0.383 e. The fourth-order valence-corrected chi connectivity index (χ4v) is 3.31. The zero-order chi connectivity index (χ0) is 21.3. The number of nitrogens with one attached hydrogen (secondary N) is 2. The Morgan fingerprint density at radius 1 is 1.23 bits per heavy atom. The monoisotopic (exact) mass is 535 g/mol. The van der Waals surface area contributed by atoms with Crippen LogP contribution in [0.25, 0.3) is 0 Å². The number of nitrogens with zero attached hydrogens (tertiary/aromatic N) is 3. The Labute approximate surface area is 196 Å². The number of methoxy groups -OCH3 is 1. The second-order valence-electron chi connectivity index (χ2n) is 7.90. The van der Waals surface area contributed by atoms with Crippen molar-refractivity contribution in [3.63, 3.8) is 0 Å². The molecule has 0 saturated carbocycles. The summed E-state index contributed by atoms with van der Waals surface area (Å²) < 4.78 is 18.5. The highest BCUT2D eigenvalue weighted by Crippen LogP contribution is 2.23. The molecule has 1 aliphatic rings. The molecule has 0 spiro atoms. The Balaban J connectivity index is 0.00000450. The first kappa shape index (κ1) is 26.6. The minimum absolute atomic E-state index is 0. The van der Waals surface area contributed by atoms with E-state index in [4.69, 9.17) is 4.74 Å². The zero-order valence-corrected chi connectivity index (χ0v) is 20.7. The summed E-state index contributed by atoms with van der Waals surface area (Å²) in [6.07, 6.45) is 0. The van der Waals surface area contributed by atoms with Crippen molar-refractivity contribution in [3.8, 4) is 0 Å². The van der Waals surface area contributed by atoms with Gasteiger partial charge in [-0.15, -0.1) is 24.0 Å². The van der Waals surface area contributed by atoms with Crippen LogP contribution in [-0.2, 0) is 14.9 Å². The van der Waals surface area contributed by atoms with Gasteiger partial charge in [0.25, 0.3) is 0 Å². The normalized spacial score (nSPS) is 15.5. The molecule has 0 unspecified atom stereocenters. The van der Waals surface area contributed by atoms with Gasteiger partial charge in [-0.2, -0.15) is 0 Å². The predicted molar refractivity (Wildman–Crippen MR) is 129 cm³/mol. The standard InChI is InChI=1S/C21H34FN5O2.HI/c1-21(2,17-6-5-7-18(22)14-17)16-25-20(23-3)27-11-9-26(10-12-27)15-19(28)24-8-13-29-4;/h5-7,14H,8-13,15-16H2,1-4H3,(H,23,25)(H,24,28);1H. The smallest absolute Gasteiger partial charge is 0.234 e. The summed E-state index contributed by atoms with van der Waals surface area (Å²) in [5.74, 6) is 0.635. The second-order valence-corrected chi connectivity index (χ2v) is 7.90. The third-order valence-electron chi connectivity index (χ3n) is 5.17. The van der Waals surface area contributed by atoms with Crippen LogP contribution in [0, 0.1) is 5.82 Å². The van der Waals surface area contributed by atoms with Gasteiger partial charge in [0.15, 0.2) is 5.96 Å². The van der Waals surface area contributed by atoms with Gasteiger partial charge in [0, 0.05) is 58.8 Å². The van der Waals surface area contributed by atoms with Crippen LogP contribution in [0.5, 0.6) is 0 Å². The lowest BCUT2D eigenvalue weighted by molar-refractivity contribution is -0.122. The highest BCUT2D eigenvalue weighted by atomic mass is 127. The number of guanidine groups is 1. The molecule has 2 N–H and O–H groups in total. The number of hydrogen-bond donors (Lipinski definition) is 2. The van der Waals surface area contributed by atoms with Crippen molar-refractivity contribution in [2.45, 2.75) is 19.3 Å². The van der Waals surface area contributed by atoms with Gasteiger partial charge in [-0.25, -0.2) is 4.39 Å². The first-order chi connectivity index (χ1) is 13.9. The maximum Gasteiger partial charge on any atom is 0.234 e. The molecular weight excluding hydrogens is 500 g/mol. The summed E-state index contributed by atoms with van der Waals surface area (Å²) in [5, 5.41) is 6.28. The van der Waals surface area contributed by atoms with E-state index < -0.39 is 0 Å². The van der Waals surface area contributed by atoms with Gasteiger partial charge in [0.05, 0.1) is 13.2 Å². The first-order valence-corrected chi connectivity index (χ1v) is 10.1. The van der Waals surface area contributed by atoms with E-state index in [2.05, 4.69) is 39.3 Å². The number of benzene rings is 1. The van der Waals surface area contributed by atoms with Crippen LogP contribution >= 0.6 is 24.0 Å². The van der Waals surface area contributed by atoms with Gasteiger partial charge >= 0.3 is 0 Å². The molecule has 170 valence electrons. The molecule has 2 rings (SSSR count). The van der Waals surface area contributed by atoms with Crippen molar-refractivity contribution in [2.75, 3.05) is 66.6 Å². The summed E-state index contributed by atoms with van der Waals surface area (Å²) in [6, 6.07) is 6.74. The Hall–Kier alpha value is -1.46. The molecule has 1 aliphatic heterocycles. The number of hydrogen-bond acceptors (Lipinski definition) is 4. The van der Waals surface area contributed by atoms with Gasteiger partial charge in [0.2, 0.25) is 5.91 Å². The number of piperazine rings is 1. The number of ether oxygens (including phenoxy) is 1. The predicted octanol–water partition coefficient (Wildman–Crippen LogP) is 1.68. The van der Waals surface area contributed by atoms with E-state index in [0.29, 0.717) is 26.2 Å². The summed E-state index contributed by atoms with van der Waals surface area (Å²) in [7, 11) is 3.39. The molecule has 1 amide bonds. The molecule has 1 aromatic carbocycles. The lowest BCUT2D eigenvalue weighted by Crippen LogP contribution is -2.55. The molecule has 1 fully saturated rings. The Bertz CT molecular complexity index is 694. The summed E-state index contributed by atoms with van der Waals surface area (Å²) in [4.78, 5) is 20.7. The molecule has 9 heteroatoms. The number of amides is 1. The maximum absolute atomic E-state index is 13.6. The number of carbonyl (C=O) groups is 1. The molecule has 30 heavy (non-hydrogen) atoms. The van der Waals surface area contributed by atoms with E-state index in [1.165, 1.54) is 6.07 Å². The third kappa shape index (κ3) is 8.35. The average Bonchev–Trinajstić information content (AvgIpc) is 2.70. The fraction of sp³-hybridized carbons (Fsp3) is 0.619. The van der Waals surface area contributed by atoms with Crippen molar-refractivity contribution in [1.82, 2.24) is 20.4 Å². The van der Waals surface area contributed by atoms with Crippen LogP contribution in [0.1, 0.15) is 19.4 Å². The van der Waals surface area contributed by atoms with Crippen LogP contribution < -0.4 is 10.6 Å². The van der Waals surface area contributed by atoms with E-state index in [0.717, 1.165) is 37.7 Å². The Kier molecular flexibility index (Phi) is 11.6. The van der Waals surface area contributed by atoms with Crippen molar-refractivity contribution in [3.05, 3.63) is 35.6 Å². The van der Waals surface area contributed by atoms with Crippen LogP contribution in [0.15, 0.2) is 29.3 Å². The van der Waals surface area contributed by atoms with Crippen molar-refractivity contribution in [1.29, 1.82) is 0 Å². The average molecular weight is 535 g/mol. The van der Waals surface area contributed by atoms with Crippen LogP contribution in [0.4, 0.5) is 4.39 Å². The highest BCUT2D eigenvalue weighted by Gasteiger charge is 2.25. The van der Waals surface area contributed by atoms with Gasteiger partial charge in [-0.05, 0) is 17.7 Å². The molecule has 0 bridgehead atoms. The quantitative estimate of drug-likeness (QED) is 0.230. The molecule has 1 saturated heterocycles. The van der Waals surface area contributed by atoms with Crippen LogP contribution in [0.2, 0.25) is 0 Å². The van der Waals surface area contributed by atoms with Crippen LogP contribution in [0.3, 0.4) is 0 Å². The molecule has 0 aliphatic carbocycles. The maximum atomic E-state index is 13.6. The van der Waals surface area contributed by atoms with Crippen molar-refractivity contribution < 1.29 is 13.9 Å². The minimum atomic E-state index is -0.236. The Morgan fingerprint density at radius 3 is 2.53 bits per heavy atom. The summed E-state index contributed by atoms with van der Waals surface area (Å²) in [6.45, 7) is 9.46. The van der Waals surface area contributed by atoms with Gasteiger partial charge in [-0.1, -0.05) is 26.0 Å². The summed E-state index contributed by atoms with van der Waals surface area (Å²) in [5.41, 5.74) is 0.713. The van der Waals surface area contributed by atoms with E-state index in [-0.39, 0.29) is 41.1 Å². The van der Waals surface area contributed by atoms with Crippen LogP contribution in [-0.4, -0.2) is 88.2 Å². The van der Waals surface area contributed by atoms with Gasteiger partial charge in [0.1, 0.15) is 5.82 Å². The molecule has 7 nitrogen and oxygen atoms in total.